The zero-order valence-electron chi connectivity index (χ0n) is 17.0. The van der Waals surface area contributed by atoms with Crippen molar-refractivity contribution in [1.29, 1.82) is 0 Å². The Hall–Kier alpha value is -1.35. The van der Waals surface area contributed by atoms with Gasteiger partial charge < -0.3 is 9.80 Å². The maximum Gasteiger partial charge on any atom is 0.219 e. The molecule has 0 aromatic heterocycles. The summed E-state index contributed by atoms with van der Waals surface area (Å²) >= 11 is 0. The van der Waals surface area contributed by atoms with Gasteiger partial charge in [-0.3, -0.25) is 4.79 Å². The summed E-state index contributed by atoms with van der Waals surface area (Å²) in [5, 5.41) is 0. The van der Waals surface area contributed by atoms with E-state index in [1.807, 2.05) is 11.9 Å². The molecule has 1 saturated heterocycles. The third-order valence-corrected chi connectivity index (χ3v) is 8.63. The van der Waals surface area contributed by atoms with Gasteiger partial charge in [0.1, 0.15) is 0 Å². The molecule has 5 rings (SSSR count). The van der Waals surface area contributed by atoms with Crippen LogP contribution >= 0.6 is 0 Å². The van der Waals surface area contributed by atoms with Crippen LogP contribution in [0.3, 0.4) is 0 Å². The van der Waals surface area contributed by atoms with Gasteiger partial charge in [-0.15, -0.1) is 0 Å². The molecule has 0 radical (unpaired) electrons. The van der Waals surface area contributed by atoms with Gasteiger partial charge in [0, 0.05) is 25.9 Å². The van der Waals surface area contributed by atoms with Gasteiger partial charge in [0.05, 0.1) is 6.04 Å². The van der Waals surface area contributed by atoms with Crippen molar-refractivity contribution in [3.63, 3.8) is 0 Å². The Labute approximate surface area is 164 Å². The molecule has 2 saturated carbocycles. The van der Waals surface area contributed by atoms with Gasteiger partial charge in [-0.05, 0) is 80.5 Å². The first-order valence-electron chi connectivity index (χ1n) is 11.1. The lowest BCUT2D eigenvalue weighted by Gasteiger charge is -2.42. The van der Waals surface area contributed by atoms with Crippen LogP contribution in [0.1, 0.15) is 69.0 Å². The predicted octanol–water partition coefficient (Wildman–Crippen LogP) is 4.38. The van der Waals surface area contributed by atoms with Crippen molar-refractivity contribution in [2.75, 3.05) is 26.7 Å². The van der Waals surface area contributed by atoms with E-state index in [9.17, 15) is 4.79 Å². The van der Waals surface area contributed by atoms with Crippen molar-refractivity contribution in [2.45, 2.75) is 63.3 Å². The van der Waals surface area contributed by atoms with Crippen LogP contribution < -0.4 is 0 Å². The molecular weight excluding hydrogens is 332 g/mol. The van der Waals surface area contributed by atoms with E-state index in [1.165, 1.54) is 69.3 Å². The number of hydrogen-bond donors (Lipinski definition) is 0. The number of likely N-dealkylation sites (tertiary alicyclic amines) is 1. The number of benzene rings is 1. The highest BCUT2D eigenvalue weighted by atomic mass is 16.2. The average Bonchev–Trinajstić information content (AvgIpc) is 3.37. The zero-order chi connectivity index (χ0) is 18.6. The Bertz CT molecular complexity index is 721. The minimum Gasteiger partial charge on any atom is -0.339 e. The quantitative estimate of drug-likeness (QED) is 0.792. The summed E-state index contributed by atoms with van der Waals surface area (Å²) in [4.78, 5) is 16.8. The first kappa shape index (κ1) is 17.7. The van der Waals surface area contributed by atoms with Crippen molar-refractivity contribution >= 4 is 5.91 Å². The lowest BCUT2D eigenvalue weighted by atomic mass is 9.73. The second-order valence-corrected chi connectivity index (χ2v) is 9.95. The Morgan fingerprint density at radius 3 is 2.63 bits per heavy atom. The second kappa shape index (κ2) is 6.62. The van der Waals surface area contributed by atoms with Gasteiger partial charge in [0.15, 0.2) is 0 Å². The molecule has 3 heteroatoms. The number of fused-ring (bicyclic) bond motifs is 4. The molecule has 1 amide bonds. The van der Waals surface area contributed by atoms with Crippen molar-refractivity contribution in [1.82, 2.24) is 9.80 Å². The Kier molecular flexibility index (Phi) is 4.34. The van der Waals surface area contributed by atoms with Crippen LogP contribution in [0.25, 0.3) is 0 Å². The number of carbonyl (C=O) groups is 1. The number of nitrogens with zero attached hydrogens (tertiary/aromatic N) is 2. The summed E-state index contributed by atoms with van der Waals surface area (Å²) in [7, 11) is 1.98. The van der Waals surface area contributed by atoms with E-state index in [0.717, 1.165) is 24.2 Å². The molecule has 146 valence electrons. The molecule has 1 spiro atoms. The summed E-state index contributed by atoms with van der Waals surface area (Å²) < 4.78 is 0. The number of piperidine rings is 1. The van der Waals surface area contributed by atoms with Gasteiger partial charge in [0.2, 0.25) is 5.91 Å². The molecule has 2 bridgehead atoms. The lowest BCUT2D eigenvalue weighted by Crippen LogP contribution is -2.44. The van der Waals surface area contributed by atoms with E-state index in [2.05, 4.69) is 29.2 Å². The van der Waals surface area contributed by atoms with Gasteiger partial charge in [0.25, 0.3) is 0 Å². The zero-order valence-corrected chi connectivity index (χ0v) is 17.0. The average molecular weight is 367 g/mol. The third-order valence-electron chi connectivity index (χ3n) is 8.63. The fourth-order valence-electron chi connectivity index (χ4n) is 6.99. The Morgan fingerprint density at radius 2 is 1.96 bits per heavy atom. The molecule has 3 fully saturated rings. The molecule has 1 aliphatic heterocycles. The van der Waals surface area contributed by atoms with E-state index < -0.39 is 0 Å². The fourth-order valence-corrected chi connectivity index (χ4v) is 6.99. The largest absolute Gasteiger partial charge is 0.339 e. The standard InChI is InChI=1S/C24H34N2O/c1-17(27)25(2)23-15-24(22-6-4-3-5-21(22)23)9-11-26(12-10-24)16-20-14-18-7-8-19(20)13-18/h3-6,18-20,23H,7-16H2,1-2H3/t18-,19+,20-,23+/m1/s1. The van der Waals surface area contributed by atoms with Gasteiger partial charge in [-0.1, -0.05) is 30.7 Å². The molecule has 0 unspecified atom stereocenters. The van der Waals surface area contributed by atoms with Gasteiger partial charge in [-0.2, -0.15) is 0 Å². The van der Waals surface area contributed by atoms with Crippen LogP contribution in [0.4, 0.5) is 0 Å². The number of rotatable bonds is 3. The van der Waals surface area contributed by atoms with Crippen molar-refractivity contribution in [2.24, 2.45) is 17.8 Å². The van der Waals surface area contributed by atoms with Crippen LogP contribution in [0, 0.1) is 17.8 Å². The minimum atomic E-state index is 0.181. The topological polar surface area (TPSA) is 23.6 Å². The minimum absolute atomic E-state index is 0.181. The first-order chi connectivity index (χ1) is 13.1. The molecule has 1 aromatic carbocycles. The molecule has 0 N–H and O–H groups in total. The summed E-state index contributed by atoms with van der Waals surface area (Å²) in [6.07, 6.45) is 9.66. The van der Waals surface area contributed by atoms with Crippen molar-refractivity contribution < 1.29 is 4.79 Å². The van der Waals surface area contributed by atoms with E-state index in [0.29, 0.717) is 0 Å². The number of amides is 1. The summed E-state index contributed by atoms with van der Waals surface area (Å²) in [6, 6.07) is 9.20. The number of carbonyl (C=O) groups excluding carboxylic acids is 1. The van der Waals surface area contributed by atoms with Crippen LogP contribution in [-0.2, 0) is 10.2 Å². The Balaban J connectivity index is 1.29. The van der Waals surface area contributed by atoms with Gasteiger partial charge in [-0.25, -0.2) is 0 Å². The highest BCUT2D eigenvalue weighted by Gasteiger charge is 2.47. The second-order valence-electron chi connectivity index (χ2n) is 9.95. The monoisotopic (exact) mass is 366 g/mol. The molecule has 27 heavy (non-hydrogen) atoms. The van der Waals surface area contributed by atoms with Crippen LogP contribution in [0.5, 0.6) is 0 Å². The Morgan fingerprint density at radius 1 is 1.19 bits per heavy atom. The van der Waals surface area contributed by atoms with Gasteiger partial charge >= 0.3 is 0 Å². The maximum atomic E-state index is 12.0. The fraction of sp³-hybridized carbons (Fsp3) is 0.708. The molecule has 4 aliphatic rings. The van der Waals surface area contributed by atoms with E-state index in [-0.39, 0.29) is 17.4 Å². The summed E-state index contributed by atoms with van der Waals surface area (Å²) in [5.74, 6) is 3.25. The van der Waals surface area contributed by atoms with Crippen LogP contribution in [0.15, 0.2) is 24.3 Å². The predicted molar refractivity (Wildman–Crippen MR) is 109 cm³/mol. The molecule has 4 atom stereocenters. The molecule has 1 aromatic rings. The van der Waals surface area contributed by atoms with E-state index in [1.54, 1.807) is 6.92 Å². The van der Waals surface area contributed by atoms with E-state index in [4.69, 9.17) is 0 Å². The highest BCUT2D eigenvalue weighted by Crippen LogP contribution is 2.53. The van der Waals surface area contributed by atoms with Crippen molar-refractivity contribution in [3.8, 4) is 0 Å². The smallest absolute Gasteiger partial charge is 0.219 e. The molecule has 1 heterocycles. The SMILES string of the molecule is CC(=O)N(C)[C@H]1CC2(CCN(C[C@H]3C[C@@H]4CC[C@H]3C4)CC2)c2ccccc21. The maximum absolute atomic E-state index is 12.0. The lowest BCUT2D eigenvalue weighted by molar-refractivity contribution is -0.129. The summed E-state index contributed by atoms with van der Waals surface area (Å²) in [5.41, 5.74) is 3.22. The first-order valence-corrected chi connectivity index (χ1v) is 11.1. The normalized spacial score (nSPS) is 34.1. The highest BCUT2D eigenvalue weighted by molar-refractivity contribution is 5.74. The molecule has 3 aliphatic carbocycles. The molecular formula is C24H34N2O. The molecule has 3 nitrogen and oxygen atoms in total. The summed E-state index contributed by atoms with van der Waals surface area (Å²) in [6.45, 7) is 5.51. The van der Waals surface area contributed by atoms with Crippen molar-refractivity contribution in [3.05, 3.63) is 35.4 Å². The number of hydrogen-bond acceptors (Lipinski definition) is 2. The third kappa shape index (κ3) is 2.93. The van der Waals surface area contributed by atoms with Crippen LogP contribution in [0.2, 0.25) is 0 Å². The van der Waals surface area contributed by atoms with E-state index >= 15 is 0 Å². The van der Waals surface area contributed by atoms with Crippen LogP contribution in [-0.4, -0.2) is 42.4 Å².